The molecule has 1 aliphatic rings. The van der Waals surface area contributed by atoms with Gasteiger partial charge in [-0.3, -0.25) is 10.2 Å². The summed E-state index contributed by atoms with van der Waals surface area (Å²) < 4.78 is 23.5. The fraction of sp³-hybridized carbons (Fsp3) is 0.900. The first-order chi connectivity index (χ1) is 6.96. The maximum Gasteiger partial charge on any atom is 0.231 e. The normalized spacial score (nSPS) is 27.3. The van der Waals surface area contributed by atoms with E-state index < -0.39 is 20.9 Å². The minimum Gasteiger partial charge on any atom is -0.288 e. The molecule has 1 heterocycles. The minimum atomic E-state index is -3.06. The van der Waals surface area contributed by atoms with E-state index in [1.807, 2.05) is 27.7 Å². The van der Waals surface area contributed by atoms with Crippen LogP contribution < -0.4 is 5.43 Å². The molecule has 1 fully saturated rings. The van der Waals surface area contributed by atoms with Gasteiger partial charge in [0.15, 0.2) is 9.84 Å². The highest BCUT2D eigenvalue weighted by Gasteiger charge is 2.48. The van der Waals surface area contributed by atoms with Gasteiger partial charge < -0.3 is 0 Å². The molecule has 0 aromatic heterocycles. The van der Waals surface area contributed by atoms with Crippen molar-refractivity contribution in [2.75, 3.05) is 11.5 Å². The van der Waals surface area contributed by atoms with Crippen LogP contribution >= 0.6 is 0 Å². The third-order valence-corrected chi connectivity index (χ3v) is 4.92. The smallest absolute Gasteiger partial charge is 0.231 e. The number of rotatable bonds is 1. The molecule has 0 aromatic rings. The van der Waals surface area contributed by atoms with Gasteiger partial charge in [0.1, 0.15) is 0 Å². The van der Waals surface area contributed by atoms with Crippen LogP contribution in [0, 0.1) is 0 Å². The maximum absolute atomic E-state index is 11.8. The van der Waals surface area contributed by atoms with Crippen molar-refractivity contribution in [2.45, 2.75) is 45.7 Å². The standard InChI is InChI=1S/C10H20N2O3S/c1-8(13)11-12-9(2,3)6-16(14,15)7-10(12,4)5/h6-7H2,1-5H3,(H,11,13). The van der Waals surface area contributed by atoms with E-state index in [1.165, 1.54) is 6.92 Å². The summed E-state index contributed by atoms with van der Waals surface area (Å²) in [6.07, 6.45) is 0. The number of nitrogens with zero attached hydrogens (tertiary/aromatic N) is 1. The number of hydrogen-bond acceptors (Lipinski definition) is 4. The summed E-state index contributed by atoms with van der Waals surface area (Å²) in [5.41, 5.74) is 1.55. The van der Waals surface area contributed by atoms with Gasteiger partial charge in [-0.1, -0.05) is 0 Å². The molecule has 1 rings (SSSR count). The Kier molecular flexibility index (Phi) is 3.11. The van der Waals surface area contributed by atoms with Crippen molar-refractivity contribution >= 4 is 15.7 Å². The summed E-state index contributed by atoms with van der Waals surface area (Å²) in [7, 11) is -3.06. The lowest BCUT2D eigenvalue weighted by Gasteiger charge is -2.51. The lowest BCUT2D eigenvalue weighted by Crippen LogP contribution is -2.70. The highest BCUT2D eigenvalue weighted by Crippen LogP contribution is 2.31. The van der Waals surface area contributed by atoms with Crippen LogP contribution in [0.15, 0.2) is 0 Å². The van der Waals surface area contributed by atoms with Gasteiger partial charge in [0.05, 0.1) is 11.5 Å². The van der Waals surface area contributed by atoms with E-state index in [-0.39, 0.29) is 17.4 Å². The summed E-state index contributed by atoms with van der Waals surface area (Å²) in [5, 5.41) is 1.75. The fourth-order valence-electron chi connectivity index (χ4n) is 2.54. The zero-order chi connectivity index (χ0) is 12.8. The molecule has 1 N–H and O–H groups in total. The van der Waals surface area contributed by atoms with Crippen LogP contribution in [-0.2, 0) is 14.6 Å². The topological polar surface area (TPSA) is 66.5 Å². The first-order valence-corrected chi connectivity index (χ1v) is 7.06. The highest BCUT2D eigenvalue weighted by molar-refractivity contribution is 7.91. The third-order valence-electron chi connectivity index (χ3n) is 2.63. The van der Waals surface area contributed by atoms with Gasteiger partial charge in [0.2, 0.25) is 5.91 Å². The first kappa shape index (κ1) is 13.4. The highest BCUT2D eigenvalue weighted by atomic mass is 32.2. The van der Waals surface area contributed by atoms with Crippen LogP contribution in [0.2, 0.25) is 0 Å². The summed E-state index contributed by atoms with van der Waals surface area (Å²) >= 11 is 0. The van der Waals surface area contributed by atoms with Gasteiger partial charge in [-0.25, -0.2) is 13.4 Å². The second-order valence-corrected chi connectivity index (χ2v) is 7.73. The monoisotopic (exact) mass is 248 g/mol. The largest absolute Gasteiger partial charge is 0.288 e. The van der Waals surface area contributed by atoms with Gasteiger partial charge in [0, 0.05) is 18.0 Å². The Morgan fingerprint density at radius 3 is 1.81 bits per heavy atom. The molecule has 1 aliphatic heterocycles. The fourth-order valence-corrected chi connectivity index (χ4v) is 5.05. The molecular formula is C10H20N2O3S. The lowest BCUT2D eigenvalue weighted by molar-refractivity contribution is -0.131. The number of nitrogens with one attached hydrogen (secondary N) is 1. The van der Waals surface area contributed by atoms with Crippen molar-refractivity contribution in [3.05, 3.63) is 0 Å². The number of carbonyl (C=O) groups is 1. The number of carbonyl (C=O) groups excluding carboxylic acids is 1. The SMILES string of the molecule is CC(=O)NN1C(C)(C)CS(=O)(=O)CC1(C)C. The molecule has 5 nitrogen and oxygen atoms in total. The average molecular weight is 248 g/mol. The minimum absolute atomic E-state index is 0.0592. The molecule has 0 unspecified atom stereocenters. The zero-order valence-corrected chi connectivity index (χ0v) is 11.3. The number of hydrazine groups is 1. The first-order valence-electron chi connectivity index (χ1n) is 5.24. The molecule has 0 aliphatic carbocycles. The predicted octanol–water partition coefficient (Wildman–Crippen LogP) is 0.325. The predicted molar refractivity (Wildman–Crippen MR) is 62.5 cm³/mol. The molecule has 0 radical (unpaired) electrons. The lowest BCUT2D eigenvalue weighted by atomic mass is 9.98. The van der Waals surface area contributed by atoms with Gasteiger partial charge in [0.25, 0.3) is 0 Å². The molecule has 94 valence electrons. The molecule has 0 aromatic carbocycles. The van der Waals surface area contributed by atoms with Crippen molar-refractivity contribution in [1.82, 2.24) is 10.4 Å². The summed E-state index contributed by atoms with van der Waals surface area (Å²) in [6.45, 7) is 8.71. The van der Waals surface area contributed by atoms with E-state index >= 15 is 0 Å². The Balaban J connectivity index is 3.11. The van der Waals surface area contributed by atoms with Crippen molar-refractivity contribution in [3.8, 4) is 0 Å². The Morgan fingerprint density at radius 2 is 1.50 bits per heavy atom. The van der Waals surface area contributed by atoms with Crippen LogP contribution in [0.3, 0.4) is 0 Å². The van der Waals surface area contributed by atoms with E-state index in [1.54, 1.807) is 5.01 Å². The van der Waals surface area contributed by atoms with Crippen molar-refractivity contribution in [2.24, 2.45) is 0 Å². The van der Waals surface area contributed by atoms with E-state index in [0.717, 1.165) is 0 Å². The molecule has 0 saturated carbocycles. The van der Waals surface area contributed by atoms with Crippen LogP contribution in [0.25, 0.3) is 0 Å². The van der Waals surface area contributed by atoms with Crippen molar-refractivity contribution < 1.29 is 13.2 Å². The van der Waals surface area contributed by atoms with E-state index in [4.69, 9.17) is 0 Å². The Labute approximate surface area is 97.1 Å². The van der Waals surface area contributed by atoms with Gasteiger partial charge >= 0.3 is 0 Å². The number of amides is 1. The molecule has 1 saturated heterocycles. The summed E-state index contributed by atoms with van der Waals surface area (Å²) in [5.74, 6) is -0.0617. The van der Waals surface area contributed by atoms with Crippen LogP contribution in [0.4, 0.5) is 0 Å². The van der Waals surface area contributed by atoms with Crippen molar-refractivity contribution in [3.63, 3.8) is 0 Å². The molecule has 1 amide bonds. The molecule has 16 heavy (non-hydrogen) atoms. The van der Waals surface area contributed by atoms with E-state index in [0.29, 0.717) is 0 Å². The summed E-state index contributed by atoms with van der Waals surface area (Å²) in [4.78, 5) is 11.1. The number of sulfone groups is 1. The molecule has 0 spiro atoms. The molecule has 6 heteroatoms. The van der Waals surface area contributed by atoms with Gasteiger partial charge in [-0.2, -0.15) is 0 Å². The summed E-state index contributed by atoms with van der Waals surface area (Å²) in [6, 6.07) is 0. The second kappa shape index (κ2) is 3.70. The second-order valence-electron chi connectivity index (χ2n) is 5.66. The molecule has 0 bridgehead atoms. The average Bonchev–Trinajstić information content (AvgIpc) is 1.92. The third kappa shape index (κ3) is 2.74. The van der Waals surface area contributed by atoms with Crippen LogP contribution in [0.1, 0.15) is 34.6 Å². The Bertz CT molecular complexity index is 374. The van der Waals surface area contributed by atoms with Crippen molar-refractivity contribution in [1.29, 1.82) is 0 Å². The van der Waals surface area contributed by atoms with Gasteiger partial charge in [-0.05, 0) is 27.7 Å². The van der Waals surface area contributed by atoms with E-state index in [9.17, 15) is 13.2 Å². The van der Waals surface area contributed by atoms with Gasteiger partial charge in [-0.15, -0.1) is 0 Å². The van der Waals surface area contributed by atoms with Crippen LogP contribution in [0.5, 0.6) is 0 Å². The zero-order valence-electron chi connectivity index (χ0n) is 10.5. The van der Waals surface area contributed by atoms with Crippen LogP contribution in [-0.4, -0.2) is 41.9 Å². The Morgan fingerprint density at radius 1 is 1.12 bits per heavy atom. The number of hydrogen-bond donors (Lipinski definition) is 1. The maximum atomic E-state index is 11.8. The molecule has 0 atom stereocenters. The van der Waals surface area contributed by atoms with E-state index in [2.05, 4.69) is 5.43 Å². The Hall–Kier alpha value is -0.620. The molecular weight excluding hydrogens is 228 g/mol. The quantitative estimate of drug-likeness (QED) is 0.726.